The molecule has 0 N–H and O–H groups in total. The number of aromatic nitrogens is 3. The summed E-state index contributed by atoms with van der Waals surface area (Å²) < 4.78 is 6.78. The number of nitrogens with zero attached hydrogens (tertiary/aromatic N) is 4. The second-order valence-corrected chi connectivity index (χ2v) is 7.51. The fourth-order valence-corrected chi connectivity index (χ4v) is 3.53. The van der Waals surface area contributed by atoms with E-state index in [4.69, 9.17) is 4.74 Å². The van der Waals surface area contributed by atoms with Gasteiger partial charge in [0.25, 0.3) is 5.91 Å². The van der Waals surface area contributed by atoms with Crippen molar-refractivity contribution < 1.29 is 14.3 Å². The molecule has 1 fully saturated rings. The highest BCUT2D eigenvalue weighted by Crippen LogP contribution is 2.20. The second-order valence-electron chi connectivity index (χ2n) is 7.51. The van der Waals surface area contributed by atoms with E-state index in [0.717, 1.165) is 25.1 Å². The Labute approximate surface area is 165 Å². The zero-order valence-corrected chi connectivity index (χ0v) is 16.3. The van der Waals surface area contributed by atoms with Gasteiger partial charge in [0.1, 0.15) is 5.69 Å². The number of piperidine rings is 1. The number of amides is 1. The molecule has 28 heavy (non-hydrogen) atoms. The molecule has 2 atom stereocenters. The van der Waals surface area contributed by atoms with Crippen molar-refractivity contribution in [3.05, 3.63) is 53.9 Å². The Balaban J connectivity index is 1.45. The standard InChI is InChI=1S/C21H26N4O3/c1-16-10-17(2)12-24(11-16)20(26)15-28-21(27)9-8-19-14-25(23-22-19)13-18-6-4-3-5-7-18/h3-9,14,16-17H,10-13,15H2,1-2H3/b9-8+/t16-,17-/m1/s1. The van der Waals surface area contributed by atoms with Crippen molar-refractivity contribution in [1.82, 2.24) is 19.9 Å². The maximum Gasteiger partial charge on any atom is 0.331 e. The van der Waals surface area contributed by atoms with Crippen LogP contribution in [0.5, 0.6) is 0 Å². The maximum atomic E-state index is 12.2. The van der Waals surface area contributed by atoms with E-state index in [1.165, 1.54) is 12.2 Å². The van der Waals surface area contributed by atoms with Crippen LogP contribution in [-0.2, 0) is 20.9 Å². The van der Waals surface area contributed by atoms with Crippen molar-refractivity contribution in [2.75, 3.05) is 19.7 Å². The van der Waals surface area contributed by atoms with Gasteiger partial charge in [-0.1, -0.05) is 49.4 Å². The van der Waals surface area contributed by atoms with Crippen molar-refractivity contribution in [3.63, 3.8) is 0 Å². The highest BCUT2D eigenvalue weighted by Gasteiger charge is 2.25. The summed E-state index contributed by atoms with van der Waals surface area (Å²) in [6, 6.07) is 9.91. The first kappa shape index (κ1) is 19.8. The summed E-state index contributed by atoms with van der Waals surface area (Å²) in [6.45, 7) is 6.09. The molecular weight excluding hydrogens is 356 g/mol. The lowest BCUT2D eigenvalue weighted by Gasteiger charge is -2.34. The molecule has 0 radical (unpaired) electrons. The lowest BCUT2D eigenvalue weighted by atomic mass is 9.92. The second kappa shape index (κ2) is 9.30. The molecule has 1 aliphatic heterocycles. The van der Waals surface area contributed by atoms with Crippen molar-refractivity contribution in [3.8, 4) is 0 Å². The van der Waals surface area contributed by atoms with Gasteiger partial charge in [-0.05, 0) is 29.9 Å². The quantitative estimate of drug-likeness (QED) is 0.566. The summed E-state index contributed by atoms with van der Waals surface area (Å²) in [6.07, 6.45) is 5.67. The Kier molecular flexibility index (Phi) is 6.57. The molecule has 0 bridgehead atoms. The average molecular weight is 382 g/mol. The molecule has 1 aromatic heterocycles. The van der Waals surface area contributed by atoms with Gasteiger partial charge >= 0.3 is 5.97 Å². The molecule has 3 rings (SSSR count). The number of benzene rings is 1. The van der Waals surface area contributed by atoms with E-state index in [-0.39, 0.29) is 12.5 Å². The van der Waals surface area contributed by atoms with Gasteiger partial charge in [0, 0.05) is 19.2 Å². The molecule has 7 heteroatoms. The smallest absolute Gasteiger partial charge is 0.331 e. The summed E-state index contributed by atoms with van der Waals surface area (Å²) in [5.74, 6) is 0.238. The zero-order valence-electron chi connectivity index (χ0n) is 16.3. The van der Waals surface area contributed by atoms with E-state index < -0.39 is 5.97 Å². The third kappa shape index (κ3) is 5.77. The van der Waals surface area contributed by atoms with Crippen LogP contribution in [0, 0.1) is 11.8 Å². The number of likely N-dealkylation sites (tertiary alicyclic amines) is 1. The molecule has 0 saturated carbocycles. The van der Waals surface area contributed by atoms with Gasteiger partial charge in [-0.2, -0.15) is 0 Å². The highest BCUT2D eigenvalue weighted by atomic mass is 16.5. The lowest BCUT2D eigenvalue weighted by Crippen LogP contribution is -2.44. The number of hydrogen-bond acceptors (Lipinski definition) is 5. The first-order chi connectivity index (χ1) is 13.5. The molecule has 7 nitrogen and oxygen atoms in total. The number of carbonyl (C=O) groups excluding carboxylic acids is 2. The fourth-order valence-electron chi connectivity index (χ4n) is 3.53. The summed E-state index contributed by atoms with van der Waals surface area (Å²) >= 11 is 0. The molecule has 1 amide bonds. The predicted molar refractivity (Wildman–Crippen MR) is 105 cm³/mol. The maximum absolute atomic E-state index is 12.2. The summed E-state index contributed by atoms with van der Waals surface area (Å²) in [5, 5.41) is 8.05. The minimum Gasteiger partial charge on any atom is -0.452 e. The number of ether oxygens (including phenoxy) is 1. The molecular formula is C21H26N4O3. The highest BCUT2D eigenvalue weighted by molar-refractivity contribution is 5.89. The molecule has 2 aromatic rings. The van der Waals surface area contributed by atoms with E-state index in [1.807, 2.05) is 30.3 Å². The van der Waals surface area contributed by atoms with Gasteiger partial charge in [0.05, 0.1) is 12.7 Å². The molecule has 2 heterocycles. The first-order valence-corrected chi connectivity index (χ1v) is 9.56. The minimum atomic E-state index is -0.566. The van der Waals surface area contributed by atoms with E-state index in [0.29, 0.717) is 24.1 Å². The molecule has 0 spiro atoms. The molecule has 1 saturated heterocycles. The lowest BCUT2D eigenvalue weighted by molar-refractivity contribution is -0.149. The Morgan fingerprint density at radius 3 is 2.61 bits per heavy atom. The number of carbonyl (C=O) groups is 2. The molecule has 1 aliphatic rings. The topological polar surface area (TPSA) is 77.3 Å². The predicted octanol–water partition coefficient (Wildman–Crippen LogP) is 2.39. The monoisotopic (exact) mass is 382 g/mol. The first-order valence-electron chi connectivity index (χ1n) is 9.56. The van der Waals surface area contributed by atoms with E-state index in [9.17, 15) is 9.59 Å². The van der Waals surface area contributed by atoms with Crippen LogP contribution < -0.4 is 0 Å². The third-order valence-electron chi connectivity index (χ3n) is 4.69. The van der Waals surface area contributed by atoms with Crippen LogP contribution in [0.2, 0.25) is 0 Å². The van der Waals surface area contributed by atoms with Gasteiger partial charge in [-0.25, -0.2) is 9.48 Å². The van der Waals surface area contributed by atoms with Gasteiger partial charge in [0.2, 0.25) is 0 Å². The van der Waals surface area contributed by atoms with Crippen LogP contribution in [-0.4, -0.2) is 51.5 Å². The van der Waals surface area contributed by atoms with Gasteiger partial charge in [-0.3, -0.25) is 4.79 Å². The molecule has 1 aromatic carbocycles. The SMILES string of the molecule is C[C@@H]1C[C@@H](C)CN(C(=O)COC(=O)/C=C/c2cn(Cc3ccccc3)nn2)C1. The number of hydrogen-bond donors (Lipinski definition) is 0. The zero-order chi connectivity index (χ0) is 19.9. The van der Waals surface area contributed by atoms with Crippen LogP contribution in [0.3, 0.4) is 0 Å². The molecule has 0 aliphatic carbocycles. The van der Waals surface area contributed by atoms with Crippen molar-refractivity contribution in [2.24, 2.45) is 11.8 Å². The Morgan fingerprint density at radius 2 is 1.89 bits per heavy atom. The van der Waals surface area contributed by atoms with Crippen molar-refractivity contribution >= 4 is 18.0 Å². The largest absolute Gasteiger partial charge is 0.452 e. The van der Waals surface area contributed by atoms with Crippen molar-refractivity contribution in [1.29, 1.82) is 0 Å². The van der Waals surface area contributed by atoms with Crippen LogP contribution in [0.15, 0.2) is 42.6 Å². The van der Waals surface area contributed by atoms with E-state index >= 15 is 0 Å². The summed E-state index contributed by atoms with van der Waals surface area (Å²) in [5.41, 5.74) is 1.67. The van der Waals surface area contributed by atoms with Crippen molar-refractivity contribution in [2.45, 2.75) is 26.8 Å². The van der Waals surface area contributed by atoms with Crippen LogP contribution >= 0.6 is 0 Å². The molecule has 0 unspecified atom stereocenters. The average Bonchev–Trinajstić information content (AvgIpc) is 3.12. The Morgan fingerprint density at radius 1 is 1.18 bits per heavy atom. The van der Waals surface area contributed by atoms with Crippen LogP contribution in [0.1, 0.15) is 31.5 Å². The Hall–Kier alpha value is -2.96. The van der Waals surface area contributed by atoms with E-state index in [2.05, 4.69) is 24.2 Å². The van der Waals surface area contributed by atoms with Crippen LogP contribution in [0.25, 0.3) is 6.08 Å². The number of rotatable bonds is 6. The van der Waals surface area contributed by atoms with Gasteiger partial charge in [-0.15, -0.1) is 5.10 Å². The van der Waals surface area contributed by atoms with Gasteiger partial charge < -0.3 is 9.64 Å². The number of esters is 1. The third-order valence-corrected chi connectivity index (χ3v) is 4.69. The normalized spacial score (nSPS) is 19.7. The minimum absolute atomic E-state index is 0.144. The van der Waals surface area contributed by atoms with E-state index in [1.54, 1.807) is 15.8 Å². The van der Waals surface area contributed by atoms with Crippen LogP contribution in [0.4, 0.5) is 0 Å². The summed E-state index contributed by atoms with van der Waals surface area (Å²) in [7, 11) is 0. The molecule has 148 valence electrons. The fraction of sp³-hybridized carbons (Fsp3) is 0.429. The Bertz CT molecular complexity index is 821. The summed E-state index contributed by atoms with van der Waals surface area (Å²) in [4.78, 5) is 25.9. The van der Waals surface area contributed by atoms with Gasteiger partial charge in [0.15, 0.2) is 6.61 Å².